The fraction of sp³-hybridized carbons (Fsp3) is 0.571. The average Bonchev–Trinajstić information content (AvgIpc) is 2.43. The van der Waals surface area contributed by atoms with Gasteiger partial charge in [-0.1, -0.05) is 6.07 Å². The SMILES string of the molecule is CS(=O)(=O)N1CCN(CCCOc2cccc(N)c2)CC1. The van der Waals surface area contributed by atoms with E-state index in [1.165, 1.54) is 10.6 Å². The first-order valence-corrected chi connectivity index (χ1v) is 8.96. The van der Waals surface area contributed by atoms with Crippen LogP contribution in [0.4, 0.5) is 5.69 Å². The molecule has 2 N–H and O–H groups in total. The molecule has 21 heavy (non-hydrogen) atoms. The Balaban J connectivity index is 1.64. The van der Waals surface area contributed by atoms with Crippen molar-refractivity contribution in [2.75, 3.05) is 51.3 Å². The Kier molecular flexibility index (Phi) is 5.44. The van der Waals surface area contributed by atoms with Gasteiger partial charge in [-0.25, -0.2) is 8.42 Å². The van der Waals surface area contributed by atoms with E-state index in [0.29, 0.717) is 25.4 Å². The molecule has 1 aliphatic rings. The number of benzene rings is 1. The van der Waals surface area contributed by atoms with E-state index in [0.717, 1.165) is 31.8 Å². The van der Waals surface area contributed by atoms with Crippen LogP contribution in [-0.2, 0) is 10.0 Å². The lowest BCUT2D eigenvalue weighted by atomic mass is 10.3. The van der Waals surface area contributed by atoms with E-state index < -0.39 is 10.0 Å². The van der Waals surface area contributed by atoms with Crippen molar-refractivity contribution in [2.45, 2.75) is 6.42 Å². The molecule has 0 aliphatic carbocycles. The normalized spacial score (nSPS) is 17.8. The van der Waals surface area contributed by atoms with E-state index in [1.807, 2.05) is 24.3 Å². The third-order valence-corrected chi connectivity index (χ3v) is 4.85. The third kappa shape index (κ3) is 5.18. The lowest BCUT2D eigenvalue weighted by molar-refractivity contribution is 0.175. The first-order chi connectivity index (χ1) is 9.95. The number of rotatable bonds is 6. The smallest absolute Gasteiger partial charge is 0.211 e. The zero-order chi connectivity index (χ0) is 15.3. The summed E-state index contributed by atoms with van der Waals surface area (Å²) in [7, 11) is -3.04. The van der Waals surface area contributed by atoms with Gasteiger partial charge in [-0.05, 0) is 18.6 Å². The Morgan fingerprint density at radius 1 is 1.24 bits per heavy atom. The Morgan fingerprint density at radius 2 is 1.95 bits per heavy atom. The van der Waals surface area contributed by atoms with E-state index >= 15 is 0 Å². The fourth-order valence-corrected chi connectivity index (χ4v) is 3.19. The number of hydrogen-bond acceptors (Lipinski definition) is 5. The fourth-order valence-electron chi connectivity index (χ4n) is 2.37. The van der Waals surface area contributed by atoms with E-state index in [2.05, 4.69) is 4.90 Å². The summed E-state index contributed by atoms with van der Waals surface area (Å²) in [5.74, 6) is 0.789. The molecule has 118 valence electrons. The molecule has 7 heteroatoms. The lowest BCUT2D eigenvalue weighted by Gasteiger charge is -2.33. The molecule has 0 unspecified atom stereocenters. The van der Waals surface area contributed by atoms with Crippen LogP contribution < -0.4 is 10.5 Å². The van der Waals surface area contributed by atoms with Crippen LogP contribution in [0.2, 0.25) is 0 Å². The molecule has 0 bridgehead atoms. The maximum atomic E-state index is 11.4. The van der Waals surface area contributed by atoms with Crippen LogP contribution in [0.15, 0.2) is 24.3 Å². The van der Waals surface area contributed by atoms with Gasteiger partial charge in [0.25, 0.3) is 0 Å². The van der Waals surface area contributed by atoms with E-state index in [1.54, 1.807) is 0 Å². The highest BCUT2D eigenvalue weighted by Crippen LogP contribution is 2.14. The molecule has 0 spiro atoms. The highest BCUT2D eigenvalue weighted by Gasteiger charge is 2.22. The van der Waals surface area contributed by atoms with Crippen molar-refractivity contribution in [3.63, 3.8) is 0 Å². The largest absolute Gasteiger partial charge is 0.493 e. The summed E-state index contributed by atoms with van der Waals surface area (Å²) in [4.78, 5) is 2.27. The van der Waals surface area contributed by atoms with Gasteiger partial charge in [-0.2, -0.15) is 4.31 Å². The van der Waals surface area contributed by atoms with E-state index in [4.69, 9.17) is 10.5 Å². The maximum absolute atomic E-state index is 11.4. The topological polar surface area (TPSA) is 75.9 Å². The number of nitrogens with two attached hydrogens (primary N) is 1. The summed E-state index contributed by atoms with van der Waals surface area (Å²) in [6, 6.07) is 7.40. The highest BCUT2D eigenvalue weighted by molar-refractivity contribution is 7.88. The summed E-state index contributed by atoms with van der Waals surface area (Å²) >= 11 is 0. The maximum Gasteiger partial charge on any atom is 0.211 e. The Labute approximate surface area is 126 Å². The summed E-state index contributed by atoms with van der Waals surface area (Å²) < 4.78 is 30.0. The molecule has 1 fully saturated rings. The van der Waals surface area contributed by atoms with Gasteiger partial charge in [-0.15, -0.1) is 0 Å². The number of sulfonamides is 1. The van der Waals surface area contributed by atoms with Crippen molar-refractivity contribution in [3.8, 4) is 5.75 Å². The van der Waals surface area contributed by atoms with E-state index in [9.17, 15) is 8.42 Å². The van der Waals surface area contributed by atoms with Crippen molar-refractivity contribution in [1.29, 1.82) is 0 Å². The number of anilines is 1. The molecule has 0 atom stereocenters. The molecule has 0 aromatic heterocycles. The van der Waals surface area contributed by atoms with Crippen LogP contribution in [-0.4, -0.2) is 63.2 Å². The molecule has 0 saturated carbocycles. The van der Waals surface area contributed by atoms with Gasteiger partial charge in [0.2, 0.25) is 10.0 Å². The number of piperazine rings is 1. The minimum Gasteiger partial charge on any atom is -0.493 e. The van der Waals surface area contributed by atoms with Crippen LogP contribution in [0.1, 0.15) is 6.42 Å². The van der Waals surface area contributed by atoms with Crippen LogP contribution in [0.3, 0.4) is 0 Å². The summed E-state index contributed by atoms with van der Waals surface area (Å²) in [5.41, 5.74) is 6.38. The van der Waals surface area contributed by atoms with E-state index in [-0.39, 0.29) is 0 Å². The van der Waals surface area contributed by atoms with Crippen molar-refractivity contribution in [2.24, 2.45) is 0 Å². The lowest BCUT2D eigenvalue weighted by Crippen LogP contribution is -2.48. The number of nitrogen functional groups attached to an aromatic ring is 1. The van der Waals surface area contributed by atoms with Crippen molar-refractivity contribution in [3.05, 3.63) is 24.3 Å². The van der Waals surface area contributed by atoms with Gasteiger partial charge >= 0.3 is 0 Å². The molecule has 1 saturated heterocycles. The number of ether oxygens (including phenoxy) is 1. The quantitative estimate of drug-likeness (QED) is 0.615. The molecule has 6 nitrogen and oxygen atoms in total. The monoisotopic (exact) mass is 313 g/mol. The van der Waals surface area contributed by atoms with Crippen molar-refractivity contribution >= 4 is 15.7 Å². The Hall–Kier alpha value is -1.31. The highest BCUT2D eigenvalue weighted by atomic mass is 32.2. The minimum atomic E-state index is -3.04. The Bertz CT molecular complexity index is 554. The molecule has 1 aromatic rings. The molecule has 1 aromatic carbocycles. The Morgan fingerprint density at radius 3 is 2.57 bits per heavy atom. The molecular weight excluding hydrogens is 290 g/mol. The van der Waals surface area contributed by atoms with Gasteiger partial charge in [0.1, 0.15) is 5.75 Å². The number of nitrogens with zero attached hydrogens (tertiary/aromatic N) is 2. The molecule has 1 heterocycles. The predicted octanol–water partition coefficient (Wildman–Crippen LogP) is 0.615. The van der Waals surface area contributed by atoms with Gasteiger partial charge in [0, 0.05) is 44.5 Å². The van der Waals surface area contributed by atoms with Crippen LogP contribution >= 0.6 is 0 Å². The summed E-state index contributed by atoms with van der Waals surface area (Å²) in [6.07, 6.45) is 2.18. The second kappa shape index (κ2) is 7.11. The van der Waals surface area contributed by atoms with Gasteiger partial charge in [0.05, 0.1) is 12.9 Å². The van der Waals surface area contributed by atoms with Gasteiger partial charge in [0.15, 0.2) is 0 Å². The number of hydrogen-bond donors (Lipinski definition) is 1. The molecule has 0 radical (unpaired) electrons. The van der Waals surface area contributed by atoms with Gasteiger partial charge in [-0.3, -0.25) is 0 Å². The van der Waals surface area contributed by atoms with Crippen molar-refractivity contribution < 1.29 is 13.2 Å². The molecule has 1 aliphatic heterocycles. The molecular formula is C14H23N3O3S. The van der Waals surface area contributed by atoms with Crippen LogP contribution in [0, 0.1) is 0 Å². The summed E-state index contributed by atoms with van der Waals surface area (Å²) in [6.45, 7) is 4.27. The zero-order valence-corrected chi connectivity index (χ0v) is 13.2. The standard InChI is InChI=1S/C14H23N3O3S/c1-21(18,19)17-9-7-16(8-10-17)6-3-11-20-14-5-2-4-13(15)12-14/h2,4-5,12H,3,6-11,15H2,1H3. The third-order valence-electron chi connectivity index (χ3n) is 3.55. The minimum absolute atomic E-state index is 0.578. The first kappa shape index (κ1) is 16.1. The molecule has 0 amide bonds. The zero-order valence-electron chi connectivity index (χ0n) is 12.4. The van der Waals surface area contributed by atoms with Crippen LogP contribution in [0.25, 0.3) is 0 Å². The van der Waals surface area contributed by atoms with Crippen molar-refractivity contribution in [1.82, 2.24) is 9.21 Å². The van der Waals surface area contributed by atoms with Gasteiger partial charge < -0.3 is 15.4 Å². The second-order valence-electron chi connectivity index (χ2n) is 5.28. The second-order valence-corrected chi connectivity index (χ2v) is 7.26. The molecule has 2 rings (SSSR count). The average molecular weight is 313 g/mol. The predicted molar refractivity (Wildman–Crippen MR) is 83.8 cm³/mol. The first-order valence-electron chi connectivity index (χ1n) is 7.11. The summed E-state index contributed by atoms with van der Waals surface area (Å²) in [5, 5.41) is 0. The van der Waals surface area contributed by atoms with Crippen LogP contribution in [0.5, 0.6) is 5.75 Å².